The van der Waals surface area contributed by atoms with Crippen molar-refractivity contribution in [2.24, 2.45) is 5.73 Å². The van der Waals surface area contributed by atoms with Gasteiger partial charge in [-0.1, -0.05) is 38.5 Å². The summed E-state index contributed by atoms with van der Waals surface area (Å²) in [5, 5.41) is 0. The van der Waals surface area contributed by atoms with Gasteiger partial charge >= 0.3 is 0 Å². The quantitative estimate of drug-likeness (QED) is 0.814. The molecule has 0 heterocycles. The third-order valence-corrected chi connectivity index (χ3v) is 4.59. The van der Waals surface area contributed by atoms with Crippen LogP contribution in [0.25, 0.3) is 0 Å². The molecule has 0 aliphatic heterocycles. The lowest BCUT2D eigenvalue weighted by molar-refractivity contribution is 0.0762. The highest BCUT2D eigenvalue weighted by Crippen LogP contribution is 2.30. The maximum atomic E-state index is 6.06. The van der Waals surface area contributed by atoms with Gasteiger partial charge in [0.1, 0.15) is 0 Å². The van der Waals surface area contributed by atoms with Crippen LogP contribution in [0.4, 0.5) is 0 Å². The average molecular weight is 238 g/mol. The number of nitrogens with zero attached hydrogens (tertiary/aromatic N) is 1. The predicted octanol–water partition coefficient (Wildman–Crippen LogP) is 3.30. The molecule has 2 heteroatoms. The van der Waals surface area contributed by atoms with Crippen molar-refractivity contribution in [1.82, 2.24) is 4.90 Å². The Morgan fingerprint density at radius 2 is 1.29 bits per heavy atom. The summed E-state index contributed by atoms with van der Waals surface area (Å²) in [7, 11) is 0. The molecular weight excluding hydrogens is 208 g/mol. The molecule has 17 heavy (non-hydrogen) atoms. The highest BCUT2D eigenvalue weighted by Gasteiger charge is 2.28. The van der Waals surface area contributed by atoms with E-state index in [1.807, 2.05) is 0 Å². The first-order chi connectivity index (χ1) is 8.27. The first-order valence-corrected chi connectivity index (χ1v) is 7.78. The zero-order valence-corrected chi connectivity index (χ0v) is 11.5. The van der Waals surface area contributed by atoms with Gasteiger partial charge < -0.3 is 5.73 Å². The molecule has 1 atom stereocenters. The second-order valence-electron chi connectivity index (χ2n) is 6.26. The molecule has 2 aliphatic carbocycles. The minimum Gasteiger partial charge on any atom is -0.327 e. The van der Waals surface area contributed by atoms with Crippen LogP contribution in [-0.4, -0.2) is 29.6 Å². The Kier molecular flexibility index (Phi) is 5.30. The summed E-state index contributed by atoms with van der Waals surface area (Å²) >= 11 is 0. The van der Waals surface area contributed by atoms with Gasteiger partial charge in [0, 0.05) is 24.7 Å². The van der Waals surface area contributed by atoms with Crippen LogP contribution in [0.2, 0.25) is 0 Å². The number of nitrogens with two attached hydrogens (primary N) is 1. The summed E-state index contributed by atoms with van der Waals surface area (Å²) in [5.41, 5.74) is 6.06. The van der Waals surface area contributed by atoms with E-state index in [2.05, 4.69) is 11.8 Å². The standard InChI is InChI=1S/C15H30N2/c1-13(16)12-17(14-8-4-2-5-9-14)15-10-6-3-7-11-15/h13-15H,2-12,16H2,1H3/t13-/m0/s1. The Labute approximate surface area is 107 Å². The summed E-state index contributed by atoms with van der Waals surface area (Å²) in [6.45, 7) is 3.29. The molecule has 2 fully saturated rings. The molecule has 0 saturated heterocycles. The molecule has 2 aliphatic rings. The van der Waals surface area contributed by atoms with Gasteiger partial charge in [-0.2, -0.15) is 0 Å². The van der Waals surface area contributed by atoms with E-state index in [-0.39, 0.29) is 0 Å². The van der Waals surface area contributed by atoms with Crippen molar-refractivity contribution in [3.8, 4) is 0 Å². The lowest BCUT2D eigenvalue weighted by Gasteiger charge is -2.42. The van der Waals surface area contributed by atoms with Crippen molar-refractivity contribution < 1.29 is 0 Å². The highest BCUT2D eigenvalue weighted by atomic mass is 15.2. The number of hydrogen-bond acceptors (Lipinski definition) is 2. The molecule has 2 saturated carbocycles. The Morgan fingerprint density at radius 3 is 1.65 bits per heavy atom. The van der Waals surface area contributed by atoms with Crippen molar-refractivity contribution in [1.29, 1.82) is 0 Å². The normalized spacial score (nSPS) is 26.3. The molecule has 2 rings (SSSR count). The lowest BCUT2D eigenvalue weighted by atomic mass is 9.88. The van der Waals surface area contributed by atoms with Gasteiger partial charge in [0.2, 0.25) is 0 Å². The molecule has 0 amide bonds. The molecule has 0 aromatic carbocycles. The topological polar surface area (TPSA) is 29.3 Å². The van der Waals surface area contributed by atoms with E-state index in [0.29, 0.717) is 6.04 Å². The van der Waals surface area contributed by atoms with E-state index in [1.54, 1.807) is 0 Å². The Bertz CT molecular complexity index is 185. The van der Waals surface area contributed by atoms with Crippen molar-refractivity contribution in [3.63, 3.8) is 0 Å². The molecule has 0 unspecified atom stereocenters. The molecule has 0 aromatic heterocycles. The Balaban J connectivity index is 1.95. The van der Waals surface area contributed by atoms with Gasteiger partial charge in [0.05, 0.1) is 0 Å². The fourth-order valence-corrected chi connectivity index (χ4v) is 3.75. The summed E-state index contributed by atoms with van der Waals surface area (Å²) in [6.07, 6.45) is 14.3. The largest absolute Gasteiger partial charge is 0.327 e. The molecular formula is C15H30N2. The van der Waals surface area contributed by atoms with Crippen LogP contribution in [0.1, 0.15) is 71.1 Å². The van der Waals surface area contributed by atoms with Crippen LogP contribution in [-0.2, 0) is 0 Å². The summed E-state index contributed by atoms with van der Waals surface area (Å²) < 4.78 is 0. The minimum atomic E-state index is 0.332. The first kappa shape index (κ1) is 13.4. The second kappa shape index (κ2) is 6.75. The van der Waals surface area contributed by atoms with E-state index in [9.17, 15) is 0 Å². The molecule has 2 N–H and O–H groups in total. The molecule has 100 valence electrons. The molecule has 0 bridgehead atoms. The lowest BCUT2D eigenvalue weighted by Crippen LogP contribution is -2.49. The van der Waals surface area contributed by atoms with Crippen LogP contribution in [0, 0.1) is 0 Å². The van der Waals surface area contributed by atoms with E-state index in [0.717, 1.165) is 18.6 Å². The van der Waals surface area contributed by atoms with Gasteiger partial charge in [-0.3, -0.25) is 4.90 Å². The first-order valence-electron chi connectivity index (χ1n) is 7.78. The molecule has 0 radical (unpaired) electrons. The van der Waals surface area contributed by atoms with Crippen molar-refractivity contribution >= 4 is 0 Å². The molecule has 2 nitrogen and oxygen atoms in total. The smallest absolute Gasteiger partial charge is 0.0139 e. The van der Waals surface area contributed by atoms with Crippen LogP contribution < -0.4 is 5.73 Å². The van der Waals surface area contributed by atoms with Crippen molar-refractivity contribution in [2.75, 3.05) is 6.54 Å². The zero-order chi connectivity index (χ0) is 12.1. The van der Waals surface area contributed by atoms with E-state index in [4.69, 9.17) is 5.73 Å². The van der Waals surface area contributed by atoms with Crippen LogP contribution >= 0.6 is 0 Å². The van der Waals surface area contributed by atoms with E-state index >= 15 is 0 Å². The zero-order valence-electron chi connectivity index (χ0n) is 11.5. The predicted molar refractivity (Wildman–Crippen MR) is 74.1 cm³/mol. The Morgan fingerprint density at radius 1 is 0.882 bits per heavy atom. The second-order valence-corrected chi connectivity index (χ2v) is 6.26. The van der Waals surface area contributed by atoms with Crippen molar-refractivity contribution in [3.05, 3.63) is 0 Å². The van der Waals surface area contributed by atoms with Crippen LogP contribution in [0.3, 0.4) is 0 Å². The third-order valence-electron chi connectivity index (χ3n) is 4.59. The third kappa shape index (κ3) is 3.96. The summed E-state index contributed by atoms with van der Waals surface area (Å²) in [5.74, 6) is 0. The van der Waals surface area contributed by atoms with Gasteiger partial charge in [-0.05, 0) is 32.6 Å². The minimum absolute atomic E-state index is 0.332. The SMILES string of the molecule is C[C@H](N)CN(C1CCCCC1)C1CCCCC1. The highest BCUT2D eigenvalue weighted by molar-refractivity contribution is 4.85. The molecule has 0 aromatic rings. The fourth-order valence-electron chi connectivity index (χ4n) is 3.75. The van der Waals surface area contributed by atoms with Gasteiger partial charge in [-0.15, -0.1) is 0 Å². The van der Waals surface area contributed by atoms with Crippen LogP contribution in [0.15, 0.2) is 0 Å². The maximum absolute atomic E-state index is 6.06. The Hall–Kier alpha value is -0.0800. The van der Waals surface area contributed by atoms with Crippen molar-refractivity contribution in [2.45, 2.75) is 89.3 Å². The number of hydrogen-bond donors (Lipinski definition) is 1. The number of rotatable bonds is 4. The molecule has 0 spiro atoms. The van der Waals surface area contributed by atoms with E-state index < -0.39 is 0 Å². The van der Waals surface area contributed by atoms with Gasteiger partial charge in [-0.25, -0.2) is 0 Å². The average Bonchev–Trinajstić information content (AvgIpc) is 2.38. The monoisotopic (exact) mass is 238 g/mol. The maximum Gasteiger partial charge on any atom is 0.0139 e. The van der Waals surface area contributed by atoms with E-state index in [1.165, 1.54) is 64.2 Å². The fraction of sp³-hybridized carbons (Fsp3) is 1.00. The summed E-state index contributed by atoms with van der Waals surface area (Å²) in [4.78, 5) is 2.79. The van der Waals surface area contributed by atoms with Crippen LogP contribution in [0.5, 0.6) is 0 Å². The van der Waals surface area contributed by atoms with Gasteiger partial charge in [0.25, 0.3) is 0 Å². The van der Waals surface area contributed by atoms with Gasteiger partial charge in [0.15, 0.2) is 0 Å². The summed E-state index contributed by atoms with van der Waals surface area (Å²) in [6, 6.07) is 2.02.